The van der Waals surface area contributed by atoms with Crippen molar-refractivity contribution in [3.63, 3.8) is 0 Å². The molecule has 0 saturated carbocycles. The van der Waals surface area contributed by atoms with E-state index in [-0.39, 0.29) is 0 Å². The molecule has 1 aliphatic rings. The maximum absolute atomic E-state index is 5.04. The van der Waals surface area contributed by atoms with Gasteiger partial charge in [0.15, 0.2) is 11.6 Å². The van der Waals surface area contributed by atoms with Gasteiger partial charge >= 0.3 is 0 Å². The molecule has 0 bridgehead atoms. The van der Waals surface area contributed by atoms with Crippen LogP contribution in [0.3, 0.4) is 0 Å². The maximum atomic E-state index is 5.04. The molecule has 0 radical (unpaired) electrons. The summed E-state index contributed by atoms with van der Waals surface area (Å²) in [7, 11) is 0. The Morgan fingerprint density at radius 2 is 1.10 bits per heavy atom. The van der Waals surface area contributed by atoms with Gasteiger partial charge in [-0.3, -0.25) is 4.90 Å². The minimum atomic E-state index is 0.531. The highest BCUT2D eigenvalue weighted by molar-refractivity contribution is 6.14. The lowest BCUT2D eigenvalue weighted by Gasteiger charge is -2.31. The highest BCUT2D eigenvalue weighted by Gasteiger charge is 2.30. The second kappa shape index (κ2) is 9.50. The van der Waals surface area contributed by atoms with E-state index >= 15 is 0 Å². The van der Waals surface area contributed by atoms with Crippen LogP contribution in [0.1, 0.15) is 0 Å². The fraction of sp³-hybridized carbons (Fsp3) is 0. The van der Waals surface area contributed by atoms with Gasteiger partial charge in [0.25, 0.3) is 0 Å². The maximum Gasteiger partial charge on any atom is 0.240 e. The Kier molecular flexibility index (Phi) is 5.38. The number of nitrogens with zero attached hydrogens (tertiary/aromatic N) is 5. The molecule has 5 heteroatoms. The van der Waals surface area contributed by atoms with Gasteiger partial charge in [0.05, 0.1) is 5.69 Å². The summed E-state index contributed by atoms with van der Waals surface area (Å²) in [5.74, 6) is 2.55. The number of hydrogen-bond acceptors (Lipinski definition) is 5. The summed E-state index contributed by atoms with van der Waals surface area (Å²) in [6.45, 7) is 0. The van der Waals surface area contributed by atoms with Gasteiger partial charge in [-0.2, -0.15) is 9.97 Å². The quantitative estimate of drug-likeness (QED) is 0.230. The van der Waals surface area contributed by atoms with E-state index in [4.69, 9.17) is 19.9 Å². The predicted molar refractivity (Wildman–Crippen MR) is 165 cm³/mol. The molecule has 8 rings (SSSR count). The van der Waals surface area contributed by atoms with Crippen LogP contribution in [0.15, 0.2) is 140 Å². The molecule has 0 saturated heterocycles. The van der Waals surface area contributed by atoms with Crippen LogP contribution in [-0.2, 0) is 0 Å². The zero-order valence-corrected chi connectivity index (χ0v) is 22.0. The third-order valence-corrected chi connectivity index (χ3v) is 7.48. The molecule has 0 atom stereocenters. The lowest BCUT2D eigenvalue weighted by Crippen LogP contribution is -2.20. The fourth-order valence-electron chi connectivity index (χ4n) is 5.60. The summed E-state index contributed by atoms with van der Waals surface area (Å²) in [4.78, 5) is 21.9. The first-order chi connectivity index (χ1) is 20.3. The zero-order valence-electron chi connectivity index (χ0n) is 22.0. The van der Waals surface area contributed by atoms with Crippen molar-refractivity contribution in [3.05, 3.63) is 140 Å². The van der Waals surface area contributed by atoms with Gasteiger partial charge in [0, 0.05) is 28.3 Å². The van der Waals surface area contributed by atoms with E-state index < -0.39 is 0 Å². The van der Waals surface area contributed by atoms with Gasteiger partial charge in [0.1, 0.15) is 5.82 Å². The second-order valence-electron chi connectivity index (χ2n) is 9.99. The van der Waals surface area contributed by atoms with Gasteiger partial charge < -0.3 is 0 Å². The molecule has 1 aliphatic heterocycles. The van der Waals surface area contributed by atoms with Crippen molar-refractivity contribution in [1.29, 1.82) is 0 Å². The number of rotatable bonds is 4. The summed E-state index contributed by atoms with van der Waals surface area (Å²) < 4.78 is 0. The summed E-state index contributed by atoms with van der Waals surface area (Å²) >= 11 is 0. The predicted octanol–water partition coefficient (Wildman–Crippen LogP) is 8.87. The molecule has 0 unspecified atom stereocenters. The van der Waals surface area contributed by atoms with Gasteiger partial charge in [-0.15, -0.1) is 0 Å². The monoisotopic (exact) mass is 525 g/mol. The average molecular weight is 526 g/mol. The number of aromatic nitrogens is 4. The summed E-state index contributed by atoms with van der Waals surface area (Å²) in [5.41, 5.74) is 7.39. The first-order valence-corrected chi connectivity index (χ1v) is 13.6. The van der Waals surface area contributed by atoms with Crippen molar-refractivity contribution < 1.29 is 0 Å². The van der Waals surface area contributed by atoms with Crippen LogP contribution in [0.4, 0.5) is 17.5 Å². The van der Waals surface area contributed by atoms with Gasteiger partial charge in [-0.25, -0.2) is 9.97 Å². The lowest BCUT2D eigenvalue weighted by molar-refractivity contribution is 1.01. The minimum Gasteiger partial charge on any atom is -0.262 e. The van der Waals surface area contributed by atoms with E-state index in [0.29, 0.717) is 17.6 Å². The SMILES string of the molecule is c1ccc(-c2cc3c4c(cccc4c2)N(c2nc(-c4ccccc4)nc(-c4ccccc4)n2)c2ncccc2-3)cc1. The van der Waals surface area contributed by atoms with E-state index in [9.17, 15) is 0 Å². The summed E-state index contributed by atoms with van der Waals surface area (Å²) in [6, 6.07) is 45.6. The van der Waals surface area contributed by atoms with Crippen LogP contribution < -0.4 is 4.90 Å². The number of pyridine rings is 1. The van der Waals surface area contributed by atoms with Crippen molar-refractivity contribution >= 4 is 28.2 Å². The number of benzene rings is 5. The molecule has 5 nitrogen and oxygen atoms in total. The third-order valence-electron chi connectivity index (χ3n) is 7.48. The molecule has 41 heavy (non-hydrogen) atoms. The van der Waals surface area contributed by atoms with E-state index in [1.54, 1.807) is 0 Å². The summed E-state index contributed by atoms with van der Waals surface area (Å²) in [6.07, 6.45) is 1.83. The van der Waals surface area contributed by atoms with E-state index in [2.05, 4.69) is 65.6 Å². The van der Waals surface area contributed by atoms with Crippen LogP contribution in [0.5, 0.6) is 0 Å². The van der Waals surface area contributed by atoms with Crippen molar-refractivity contribution in [2.45, 2.75) is 0 Å². The molecule has 0 spiro atoms. The van der Waals surface area contributed by atoms with Gasteiger partial charge in [-0.05, 0) is 52.4 Å². The molecule has 0 aliphatic carbocycles. The van der Waals surface area contributed by atoms with E-state index in [1.165, 1.54) is 11.1 Å². The van der Waals surface area contributed by atoms with Crippen LogP contribution >= 0.6 is 0 Å². The number of fused-ring (bicyclic) bond motifs is 2. The third kappa shape index (κ3) is 3.95. The summed E-state index contributed by atoms with van der Waals surface area (Å²) in [5, 5.41) is 2.30. The Morgan fingerprint density at radius 1 is 0.463 bits per heavy atom. The number of hydrogen-bond donors (Lipinski definition) is 0. The largest absolute Gasteiger partial charge is 0.262 e. The van der Waals surface area contributed by atoms with Crippen LogP contribution in [0, 0.1) is 0 Å². The molecule has 5 aromatic carbocycles. The Hall–Kier alpha value is -5.68. The van der Waals surface area contributed by atoms with Crippen molar-refractivity contribution in [2.75, 3.05) is 4.90 Å². The topological polar surface area (TPSA) is 54.8 Å². The first kappa shape index (κ1) is 23.2. The van der Waals surface area contributed by atoms with Crippen molar-refractivity contribution in [3.8, 4) is 45.0 Å². The van der Waals surface area contributed by atoms with Crippen molar-refractivity contribution in [1.82, 2.24) is 19.9 Å². The Labute approximate surface area is 237 Å². The highest BCUT2D eigenvalue weighted by Crippen LogP contribution is 2.50. The molecule has 3 heterocycles. The van der Waals surface area contributed by atoms with Crippen LogP contribution in [-0.4, -0.2) is 19.9 Å². The van der Waals surface area contributed by atoms with Crippen LogP contribution in [0.2, 0.25) is 0 Å². The zero-order chi connectivity index (χ0) is 27.2. The van der Waals surface area contributed by atoms with Crippen LogP contribution in [0.25, 0.3) is 55.8 Å². The van der Waals surface area contributed by atoms with Gasteiger partial charge in [0.2, 0.25) is 5.95 Å². The molecule has 0 amide bonds. The smallest absolute Gasteiger partial charge is 0.240 e. The van der Waals surface area contributed by atoms with Crippen molar-refractivity contribution in [2.24, 2.45) is 0 Å². The lowest BCUT2D eigenvalue weighted by atomic mass is 9.89. The van der Waals surface area contributed by atoms with E-state index in [1.807, 2.05) is 79.0 Å². The van der Waals surface area contributed by atoms with E-state index in [0.717, 1.165) is 44.5 Å². The molecule has 0 fully saturated rings. The first-order valence-electron chi connectivity index (χ1n) is 13.6. The Bertz CT molecular complexity index is 1980. The molecule has 0 N–H and O–H groups in total. The molecular formula is C36H23N5. The average Bonchev–Trinajstić information content (AvgIpc) is 3.06. The molecule has 2 aromatic heterocycles. The number of anilines is 3. The fourth-order valence-corrected chi connectivity index (χ4v) is 5.60. The standard InChI is InChI=1S/C36H23N5/c1-4-12-24(13-5-1)28-22-27-18-10-20-31-32(27)30(23-28)29-19-11-21-37-35(29)41(31)36-39-33(25-14-6-2-7-15-25)38-34(40-36)26-16-8-3-9-17-26/h1-23H. The molecular weight excluding hydrogens is 502 g/mol. The normalized spacial score (nSPS) is 11.9. The minimum absolute atomic E-state index is 0.531. The Balaban J connectivity index is 1.41. The Morgan fingerprint density at radius 3 is 1.76 bits per heavy atom. The van der Waals surface area contributed by atoms with Gasteiger partial charge in [-0.1, -0.05) is 103 Å². The highest BCUT2D eigenvalue weighted by atomic mass is 15.3. The second-order valence-corrected chi connectivity index (χ2v) is 9.99. The molecule has 7 aromatic rings. The molecule has 192 valence electrons.